The Morgan fingerprint density at radius 3 is 2.07 bits per heavy atom. The lowest BCUT2D eigenvalue weighted by atomic mass is 10.2. The lowest BCUT2D eigenvalue weighted by molar-refractivity contribution is 0.414. The molecular weight excluding hydrogens is 408 g/mol. The van der Waals surface area contributed by atoms with Crippen LogP contribution in [0.2, 0.25) is 0 Å². The molecule has 0 amide bonds. The number of hydrogen-bond donors (Lipinski definition) is 0. The van der Waals surface area contributed by atoms with E-state index in [1.807, 2.05) is 36.4 Å². The highest BCUT2D eigenvalue weighted by molar-refractivity contribution is 7.99. The summed E-state index contributed by atoms with van der Waals surface area (Å²) < 4.78 is 10.4. The van der Waals surface area contributed by atoms with Crippen LogP contribution >= 0.6 is 35.3 Å². The molecule has 0 fully saturated rings. The van der Waals surface area contributed by atoms with Crippen molar-refractivity contribution in [1.82, 2.24) is 9.97 Å². The Hall–Kier alpha value is -1.83. The van der Waals surface area contributed by atoms with Gasteiger partial charge >= 0.3 is 0 Å². The third kappa shape index (κ3) is 6.09. The quantitative estimate of drug-likeness (QED) is 0.241. The van der Waals surface area contributed by atoms with Crippen LogP contribution < -0.4 is 9.47 Å². The highest BCUT2D eigenvalue weighted by Crippen LogP contribution is 2.31. The van der Waals surface area contributed by atoms with E-state index in [1.54, 1.807) is 49.5 Å². The van der Waals surface area contributed by atoms with Crippen molar-refractivity contribution in [3.8, 4) is 11.5 Å². The third-order valence-corrected chi connectivity index (χ3v) is 6.27. The smallest absolute Gasteiger partial charge is 0.189 e. The van der Waals surface area contributed by atoms with Gasteiger partial charge in [0.05, 0.1) is 19.9 Å². The normalized spacial score (nSPS) is 10.7. The van der Waals surface area contributed by atoms with Crippen molar-refractivity contribution >= 4 is 35.3 Å². The van der Waals surface area contributed by atoms with Gasteiger partial charge in [-0.05, 0) is 54.3 Å². The molecule has 0 saturated carbocycles. The Bertz CT molecular complexity index is 887. The summed E-state index contributed by atoms with van der Waals surface area (Å²) in [6, 6.07) is 18.2. The maximum atomic E-state index is 5.23. The number of aromatic nitrogens is 2. The molecule has 0 spiro atoms. The average Bonchev–Trinajstić information content (AvgIpc) is 2.73. The number of ether oxygens (including phenoxy) is 2. The van der Waals surface area contributed by atoms with Gasteiger partial charge in [-0.25, -0.2) is 9.97 Å². The molecule has 0 aliphatic rings. The van der Waals surface area contributed by atoms with Gasteiger partial charge in [0, 0.05) is 16.4 Å². The molecule has 146 valence electrons. The first-order valence-corrected chi connectivity index (χ1v) is 11.8. The van der Waals surface area contributed by atoms with Crippen LogP contribution in [-0.2, 0) is 11.5 Å². The van der Waals surface area contributed by atoms with Gasteiger partial charge in [0.1, 0.15) is 16.5 Å². The molecule has 0 N–H and O–H groups in total. The van der Waals surface area contributed by atoms with Crippen LogP contribution in [0.5, 0.6) is 11.5 Å². The standard InChI is InChI=1S/C21H22N2O2S3/c1-24-17-6-4-15(5-7-17)13-27-21-22-16(14-26-3)12-20(23-21)28-19-10-8-18(25-2)9-11-19/h4-12H,13-14H2,1-3H3. The van der Waals surface area contributed by atoms with E-state index in [9.17, 15) is 0 Å². The van der Waals surface area contributed by atoms with Crippen LogP contribution in [0.4, 0.5) is 0 Å². The molecule has 7 heteroatoms. The number of thioether (sulfide) groups is 2. The summed E-state index contributed by atoms with van der Waals surface area (Å²) in [7, 11) is 3.35. The first kappa shape index (κ1) is 20.9. The summed E-state index contributed by atoms with van der Waals surface area (Å²) in [6.45, 7) is 0. The van der Waals surface area contributed by atoms with Crippen molar-refractivity contribution in [2.24, 2.45) is 0 Å². The van der Waals surface area contributed by atoms with Gasteiger partial charge in [0.15, 0.2) is 5.16 Å². The summed E-state index contributed by atoms with van der Waals surface area (Å²) in [4.78, 5) is 10.6. The van der Waals surface area contributed by atoms with E-state index >= 15 is 0 Å². The fourth-order valence-corrected chi connectivity index (χ4v) is 4.60. The van der Waals surface area contributed by atoms with Gasteiger partial charge in [-0.15, -0.1) is 0 Å². The molecule has 0 bridgehead atoms. The summed E-state index contributed by atoms with van der Waals surface area (Å²) >= 11 is 5.06. The number of benzene rings is 2. The molecule has 0 atom stereocenters. The lowest BCUT2D eigenvalue weighted by Gasteiger charge is -2.08. The molecule has 0 saturated heterocycles. The molecule has 28 heavy (non-hydrogen) atoms. The van der Waals surface area contributed by atoms with Crippen LogP contribution in [0.15, 0.2) is 69.7 Å². The Labute approximate surface area is 178 Å². The number of hydrogen-bond acceptors (Lipinski definition) is 7. The zero-order valence-electron chi connectivity index (χ0n) is 16.0. The Balaban J connectivity index is 1.73. The largest absolute Gasteiger partial charge is 0.497 e. The Kier molecular flexibility index (Phi) is 7.94. The Morgan fingerprint density at radius 1 is 0.821 bits per heavy atom. The summed E-state index contributed by atoms with van der Waals surface area (Å²) in [5, 5.41) is 1.76. The molecule has 0 unspecified atom stereocenters. The van der Waals surface area contributed by atoms with E-state index in [-0.39, 0.29) is 0 Å². The molecule has 4 nitrogen and oxygen atoms in total. The summed E-state index contributed by atoms with van der Waals surface area (Å²) in [5.41, 5.74) is 2.27. The van der Waals surface area contributed by atoms with E-state index in [1.165, 1.54) is 5.56 Å². The predicted molar refractivity (Wildman–Crippen MR) is 119 cm³/mol. The van der Waals surface area contributed by atoms with Gasteiger partial charge < -0.3 is 9.47 Å². The van der Waals surface area contributed by atoms with Crippen molar-refractivity contribution in [2.45, 2.75) is 26.6 Å². The first-order valence-electron chi connectivity index (χ1n) is 8.64. The number of nitrogens with zero attached hydrogens (tertiary/aromatic N) is 2. The van der Waals surface area contributed by atoms with Crippen LogP contribution in [-0.4, -0.2) is 30.4 Å². The third-order valence-electron chi connectivity index (χ3n) is 3.84. The monoisotopic (exact) mass is 430 g/mol. The van der Waals surface area contributed by atoms with E-state index in [0.717, 1.165) is 43.8 Å². The van der Waals surface area contributed by atoms with Crippen LogP contribution in [0.25, 0.3) is 0 Å². The molecular formula is C21H22N2O2S3. The molecule has 0 aliphatic heterocycles. The second kappa shape index (κ2) is 10.6. The summed E-state index contributed by atoms with van der Waals surface area (Å²) in [5.74, 6) is 3.41. The molecule has 3 aromatic rings. The molecule has 0 radical (unpaired) electrons. The molecule has 3 rings (SSSR count). The second-order valence-corrected chi connectivity index (χ2v) is 8.73. The highest BCUT2D eigenvalue weighted by atomic mass is 32.2. The number of rotatable bonds is 9. The second-order valence-electron chi connectivity index (χ2n) is 5.83. The SMILES string of the molecule is COc1ccc(CSc2nc(CSC)cc(Sc3ccc(OC)cc3)n2)cc1. The van der Waals surface area contributed by atoms with Gasteiger partial charge in [0.2, 0.25) is 0 Å². The van der Waals surface area contributed by atoms with Crippen molar-refractivity contribution in [3.05, 3.63) is 65.9 Å². The van der Waals surface area contributed by atoms with Crippen LogP contribution in [0.1, 0.15) is 11.3 Å². The molecule has 1 heterocycles. The van der Waals surface area contributed by atoms with E-state index in [4.69, 9.17) is 19.4 Å². The Morgan fingerprint density at radius 2 is 1.46 bits per heavy atom. The van der Waals surface area contributed by atoms with E-state index in [0.29, 0.717) is 0 Å². The zero-order chi connectivity index (χ0) is 19.8. The van der Waals surface area contributed by atoms with E-state index < -0.39 is 0 Å². The minimum absolute atomic E-state index is 0.804. The highest BCUT2D eigenvalue weighted by Gasteiger charge is 2.08. The maximum Gasteiger partial charge on any atom is 0.189 e. The van der Waals surface area contributed by atoms with Crippen molar-refractivity contribution in [3.63, 3.8) is 0 Å². The van der Waals surface area contributed by atoms with Gasteiger partial charge in [-0.3, -0.25) is 0 Å². The molecule has 1 aromatic heterocycles. The van der Waals surface area contributed by atoms with Crippen molar-refractivity contribution < 1.29 is 9.47 Å². The van der Waals surface area contributed by atoms with E-state index in [2.05, 4.69) is 24.5 Å². The number of methoxy groups -OCH3 is 2. The van der Waals surface area contributed by atoms with Crippen LogP contribution in [0.3, 0.4) is 0 Å². The van der Waals surface area contributed by atoms with Crippen molar-refractivity contribution in [1.29, 1.82) is 0 Å². The van der Waals surface area contributed by atoms with Crippen molar-refractivity contribution in [2.75, 3.05) is 20.5 Å². The minimum atomic E-state index is 0.804. The van der Waals surface area contributed by atoms with Gasteiger partial charge in [0.25, 0.3) is 0 Å². The van der Waals surface area contributed by atoms with Gasteiger partial charge in [-0.1, -0.05) is 35.7 Å². The minimum Gasteiger partial charge on any atom is -0.497 e. The summed E-state index contributed by atoms with van der Waals surface area (Å²) in [6.07, 6.45) is 2.09. The molecule has 2 aromatic carbocycles. The van der Waals surface area contributed by atoms with Crippen LogP contribution in [0, 0.1) is 0 Å². The fourth-order valence-electron chi connectivity index (χ4n) is 2.42. The topological polar surface area (TPSA) is 44.2 Å². The molecule has 0 aliphatic carbocycles. The predicted octanol–water partition coefficient (Wildman–Crippen LogP) is 5.80. The maximum absolute atomic E-state index is 5.23. The zero-order valence-corrected chi connectivity index (χ0v) is 18.5. The first-order chi connectivity index (χ1) is 13.7. The average molecular weight is 431 g/mol. The fraction of sp³-hybridized carbons (Fsp3) is 0.238. The lowest BCUT2D eigenvalue weighted by Crippen LogP contribution is -1.96. The van der Waals surface area contributed by atoms with Gasteiger partial charge in [-0.2, -0.15) is 11.8 Å².